The molecular formula is C16H20N2O4S. The quantitative estimate of drug-likeness (QED) is 0.814. The molecule has 0 radical (unpaired) electrons. The molecule has 1 aromatic heterocycles. The van der Waals surface area contributed by atoms with Gasteiger partial charge >= 0.3 is 5.97 Å². The van der Waals surface area contributed by atoms with Crippen LogP contribution in [0.15, 0.2) is 41.4 Å². The van der Waals surface area contributed by atoms with Crippen molar-refractivity contribution in [3.8, 4) is 0 Å². The van der Waals surface area contributed by atoms with Crippen LogP contribution in [0, 0.1) is 6.92 Å². The monoisotopic (exact) mass is 336 g/mol. The number of sulfonamides is 1. The standard InChI is InChI=1S/C16H20N2O4S/c1-12-4-6-13(7-5-12)8-9-17-23(20,21)14-10-15(16(19)22-3)18(2)11-14/h4-7,10-11,17H,8-9H2,1-3H3. The van der Waals surface area contributed by atoms with Gasteiger partial charge in [-0.3, -0.25) is 0 Å². The highest BCUT2D eigenvalue weighted by atomic mass is 32.2. The molecule has 0 saturated heterocycles. The Morgan fingerprint density at radius 1 is 1.26 bits per heavy atom. The van der Waals surface area contributed by atoms with Crippen LogP contribution >= 0.6 is 0 Å². The Labute approximate surface area is 136 Å². The lowest BCUT2D eigenvalue weighted by atomic mass is 10.1. The van der Waals surface area contributed by atoms with Crippen molar-refractivity contribution < 1.29 is 17.9 Å². The first-order chi connectivity index (χ1) is 10.8. The number of carbonyl (C=O) groups excluding carboxylic acids is 1. The van der Waals surface area contributed by atoms with Gasteiger partial charge in [0.15, 0.2) is 0 Å². The smallest absolute Gasteiger partial charge is 0.354 e. The Kier molecular flexibility index (Phi) is 5.23. The van der Waals surface area contributed by atoms with Gasteiger partial charge in [0.05, 0.1) is 7.11 Å². The van der Waals surface area contributed by atoms with Crippen LogP contribution in [0.3, 0.4) is 0 Å². The van der Waals surface area contributed by atoms with Crippen molar-refractivity contribution in [2.75, 3.05) is 13.7 Å². The van der Waals surface area contributed by atoms with E-state index < -0.39 is 16.0 Å². The van der Waals surface area contributed by atoms with E-state index in [0.717, 1.165) is 11.1 Å². The Morgan fingerprint density at radius 3 is 2.52 bits per heavy atom. The lowest BCUT2D eigenvalue weighted by Gasteiger charge is -2.05. The lowest BCUT2D eigenvalue weighted by Crippen LogP contribution is -2.25. The van der Waals surface area contributed by atoms with Crippen molar-refractivity contribution in [1.29, 1.82) is 0 Å². The summed E-state index contributed by atoms with van der Waals surface area (Å²) in [5.41, 5.74) is 2.40. The molecule has 0 saturated carbocycles. The van der Waals surface area contributed by atoms with E-state index in [2.05, 4.69) is 9.46 Å². The molecule has 0 unspecified atom stereocenters. The van der Waals surface area contributed by atoms with Crippen LogP contribution in [0.4, 0.5) is 0 Å². The first-order valence-corrected chi connectivity index (χ1v) is 8.61. The summed E-state index contributed by atoms with van der Waals surface area (Å²) in [6, 6.07) is 9.23. The van der Waals surface area contributed by atoms with Gasteiger partial charge in [0, 0.05) is 19.8 Å². The lowest BCUT2D eigenvalue weighted by molar-refractivity contribution is 0.0590. The van der Waals surface area contributed by atoms with Gasteiger partial charge in [-0.05, 0) is 25.0 Å². The summed E-state index contributed by atoms with van der Waals surface area (Å²) in [5, 5.41) is 0. The summed E-state index contributed by atoms with van der Waals surface area (Å²) < 4.78 is 33.1. The number of hydrogen-bond donors (Lipinski definition) is 1. The Balaban J connectivity index is 2.04. The second-order valence-corrected chi connectivity index (χ2v) is 7.06. The molecule has 0 aliphatic rings. The molecule has 0 aliphatic carbocycles. The third-order valence-corrected chi connectivity index (χ3v) is 4.94. The largest absolute Gasteiger partial charge is 0.464 e. The molecule has 2 rings (SSSR count). The number of aryl methyl sites for hydroxylation is 2. The molecule has 23 heavy (non-hydrogen) atoms. The van der Waals surface area contributed by atoms with Crippen LogP contribution in [0.2, 0.25) is 0 Å². The average molecular weight is 336 g/mol. The minimum Gasteiger partial charge on any atom is -0.464 e. The van der Waals surface area contributed by atoms with Crippen molar-refractivity contribution in [3.05, 3.63) is 53.3 Å². The molecule has 0 bridgehead atoms. The predicted octanol–water partition coefficient (Wildman–Crippen LogP) is 1.64. The summed E-state index contributed by atoms with van der Waals surface area (Å²) in [7, 11) is -0.812. The van der Waals surface area contributed by atoms with Gasteiger partial charge in [-0.1, -0.05) is 29.8 Å². The highest BCUT2D eigenvalue weighted by Crippen LogP contribution is 2.14. The van der Waals surface area contributed by atoms with E-state index in [0.29, 0.717) is 6.42 Å². The number of hydrogen-bond acceptors (Lipinski definition) is 4. The number of ether oxygens (including phenoxy) is 1. The molecule has 0 amide bonds. The predicted molar refractivity (Wildman–Crippen MR) is 86.8 cm³/mol. The fourth-order valence-corrected chi connectivity index (χ4v) is 3.26. The van der Waals surface area contributed by atoms with Crippen molar-refractivity contribution in [1.82, 2.24) is 9.29 Å². The first kappa shape index (κ1) is 17.2. The second-order valence-electron chi connectivity index (χ2n) is 5.30. The zero-order valence-corrected chi connectivity index (χ0v) is 14.2. The molecule has 7 heteroatoms. The van der Waals surface area contributed by atoms with Crippen molar-refractivity contribution in [3.63, 3.8) is 0 Å². The number of nitrogens with one attached hydrogen (secondary N) is 1. The van der Waals surface area contributed by atoms with Gasteiger partial charge in [-0.15, -0.1) is 0 Å². The summed E-state index contributed by atoms with van der Waals surface area (Å²) in [4.78, 5) is 11.6. The van der Waals surface area contributed by atoms with E-state index >= 15 is 0 Å². The van der Waals surface area contributed by atoms with Crippen molar-refractivity contribution in [2.45, 2.75) is 18.2 Å². The molecule has 0 fully saturated rings. The summed E-state index contributed by atoms with van der Waals surface area (Å²) in [6.07, 6.45) is 1.98. The summed E-state index contributed by atoms with van der Waals surface area (Å²) >= 11 is 0. The average Bonchev–Trinajstić information content (AvgIpc) is 2.91. The van der Waals surface area contributed by atoms with Crippen molar-refractivity contribution >= 4 is 16.0 Å². The number of nitrogens with zero attached hydrogens (tertiary/aromatic N) is 1. The van der Waals surface area contributed by atoms with Gasteiger partial charge in [-0.2, -0.15) is 0 Å². The number of methoxy groups -OCH3 is 1. The summed E-state index contributed by atoms with van der Waals surface area (Å²) in [5.74, 6) is -0.575. The van der Waals surface area contributed by atoms with Crippen LogP contribution in [0.5, 0.6) is 0 Å². The molecular weight excluding hydrogens is 316 g/mol. The van der Waals surface area contributed by atoms with Crippen molar-refractivity contribution in [2.24, 2.45) is 7.05 Å². The SMILES string of the molecule is COC(=O)c1cc(S(=O)(=O)NCCc2ccc(C)cc2)cn1C. The van der Waals surface area contributed by atoms with Crippen LogP contribution < -0.4 is 4.72 Å². The Bertz CT molecular complexity index is 792. The van der Waals surface area contributed by atoms with Gasteiger partial charge < -0.3 is 9.30 Å². The van der Waals surface area contributed by atoms with Crippen LogP contribution in [-0.4, -0.2) is 32.6 Å². The highest BCUT2D eigenvalue weighted by molar-refractivity contribution is 7.89. The normalized spacial score (nSPS) is 11.4. The van der Waals surface area contributed by atoms with E-state index in [-0.39, 0.29) is 17.1 Å². The highest BCUT2D eigenvalue weighted by Gasteiger charge is 2.20. The molecule has 0 atom stereocenters. The van der Waals surface area contributed by atoms with Gasteiger partial charge in [-0.25, -0.2) is 17.9 Å². The van der Waals surface area contributed by atoms with Gasteiger partial charge in [0.2, 0.25) is 10.0 Å². The molecule has 0 aliphatic heterocycles. The van der Waals surface area contributed by atoms with E-state index in [4.69, 9.17) is 0 Å². The number of rotatable bonds is 6. The molecule has 0 spiro atoms. The van der Waals surface area contributed by atoms with E-state index in [1.807, 2.05) is 31.2 Å². The molecule has 1 heterocycles. The molecule has 124 valence electrons. The maximum Gasteiger partial charge on any atom is 0.354 e. The topological polar surface area (TPSA) is 77.4 Å². The third-order valence-electron chi connectivity index (χ3n) is 3.51. The molecule has 1 N–H and O–H groups in total. The Morgan fingerprint density at radius 2 is 1.91 bits per heavy atom. The Hall–Kier alpha value is -2.12. The minimum absolute atomic E-state index is 0.0457. The fourth-order valence-electron chi connectivity index (χ4n) is 2.16. The summed E-state index contributed by atoms with van der Waals surface area (Å²) in [6.45, 7) is 2.29. The maximum absolute atomic E-state index is 12.3. The van der Waals surface area contributed by atoms with Crippen LogP contribution in [0.1, 0.15) is 21.6 Å². The van der Waals surface area contributed by atoms with Gasteiger partial charge in [0.25, 0.3) is 0 Å². The zero-order valence-electron chi connectivity index (χ0n) is 13.4. The third kappa shape index (κ3) is 4.20. The van der Waals surface area contributed by atoms with E-state index in [1.165, 1.54) is 23.9 Å². The molecule has 1 aromatic carbocycles. The van der Waals surface area contributed by atoms with Gasteiger partial charge in [0.1, 0.15) is 10.6 Å². The van der Waals surface area contributed by atoms with Crippen LogP contribution in [-0.2, 0) is 28.2 Å². The number of aromatic nitrogens is 1. The van der Waals surface area contributed by atoms with Crippen LogP contribution in [0.25, 0.3) is 0 Å². The molecule has 2 aromatic rings. The zero-order chi connectivity index (χ0) is 17.0. The number of benzene rings is 1. The minimum atomic E-state index is -3.66. The maximum atomic E-state index is 12.3. The fraction of sp³-hybridized carbons (Fsp3) is 0.312. The molecule has 6 nitrogen and oxygen atoms in total. The first-order valence-electron chi connectivity index (χ1n) is 7.13. The second kappa shape index (κ2) is 6.97. The number of esters is 1. The van der Waals surface area contributed by atoms with E-state index in [1.54, 1.807) is 7.05 Å². The van der Waals surface area contributed by atoms with E-state index in [9.17, 15) is 13.2 Å². The number of carbonyl (C=O) groups is 1.